The van der Waals surface area contributed by atoms with Crippen molar-refractivity contribution in [1.29, 1.82) is 0 Å². The minimum Gasteiger partial charge on any atom is -0.445 e. The highest BCUT2D eigenvalue weighted by Crippen LogP contribution is 2.18. The number of hydrogen-bond donors (Lipinski definition) is 0. The van der Waals surface area contributed by atoms with Crippen molar-refractivity contribution >= 4 is 12.0 Å². The van der Waals surface area contributed by atoms with Gasteiger partial charge in [0.1, 0.15) is 6.61 Å². The smallest absolute Gasteiger partial charge is 0.410 e. The van der Waals surface area contributed by atoms with Gasteiger partial charge in [0.15, 0.2) is 0 Å². The summed E-state index contributed by atoms with van der Waals surface area (Å²) in [4.78, 5) is 27.4. The van der Waals surface area contributed by atoms with Crippen LogP contribution in [0.2, 0.25) is 0 Å². The van der Waals surface area contributed by atoms with Crippen LogP contribution in [-0.2, 0) is 16.1 Å². The molecule has 0 spiro atoms. The summed E-state index contributed by atoms with van der Waals surface area (Å²) in [7, 11) is 0. The Morgan fingerprint density at radius 3 is 2.62 bits per heavy atom. The third-order valence-electron chi connectivity index (χ3n) is 3.80. The number of likely N-dealkylation sites (tertiary alicyclic amines) is 1. The zero-order valence-corrected chi connectivity index (χ0v) is 12.6. The van der Waals surface area contributed by atoms with E-state index in [4.69, 9.17) is 4.74 Å². The molecule has 1 aliphatic rings. The predicted octanol–water partition coefficient (Wildman–Crippen LogP) is 2.27. The van der Waals surface area contributed by atoms with Crippen molar-refractivity contribution in [3.05, 3.63) is 35.9 Å². The fourth-order valence-electron chi connectivity index (χ4n) is 2.60. The molecule has 2 rings (SSSR count). The molecule has 0 bridgehead atoms. The van der Waals surface area contributed by atoms with Crippen LogP contribution >= 0.6 is 0 Å². The molecule has 5 heteroatoms. The molecular formula is C16H22N2O3. The maximum Gasteiger partial charge on any atom is 0.410 e. The van der Waals surface area contributed by atoms with Gasteiger partial charge in [-0.15, -0.1) is 0 Å². The molecule has 1 fully saturated rings. The van der Waals surface area contributed by atoms with Crippen LogP contribution in [-0.4, -0.2) is 47.5 Å². The van der Waals surface area contributed by atoms with Gasteiger partial charge >= 0.3 is 6.09 Å². The summed E-state index contributed by atoms with van der Waals surface area (Å²) >= 11 is 0. The van der Waals surface area contributed by atoms with Gasteiger partial charge in [0.2, 0.25) is 5.91 Å². The molecule has 1 heterocycles. The van der Waals surface area contributed by atoms with Crippen LogP contribution in [0.25, 0.3) is 0 Å². The number of nitrogens with zero attached hydrogens (tertiary/aromatic N) is 2. The van der Waals surface area contributed by atoms with E-state index in [1.165, 1.54) is 0 Å². The highest BCUT2D eigenvalue weighted by molar-refractivity contribution is 5.80. The normalized spacial score (nSPS) is 17.9. The number of amides is 2. The second-order valence-electron chi connectivity index (χ2n) is 5.12. The standard InChI is InChI=1S/C16H22N2O3/c1-3-17-11-14(10-15(17)19)18(4-2)16(20)21-12-13-8-6-5-7-9-13/h5-9,14H,3-4,10-12H2,1-2H3/t14-/m0/s1. The van der Waals surface area contributed by atoms with E-state index in [1.54, 1.807) is 9.80 Å². The van der Waals surface area contributed by atoms with Crippen molar-refractivity contribution in [3.63, 3.8) is 0 Å². The van der Waals surface area contributed by atoms with E-state index in [-0.39, 0.29) is 24.6 Å². The van der Waals surface area contributed by atoms with Gasteiger partial charge in [0.25, 0.3) is 0 Å². The lowest BCUT2D eigenvalue weighted by Crippen LogP contribution is -2.42. The molecule has 21 heavy (non-hydrogen) atoms. The van der Waals surface area contributed by atoms with E-state index < -0.39 is 0 Å². The van der Waals surface area contributed by atoms with Gasteiger partial charge in [-0.3, -0.25) is 4.79 Å². The maximum atomic E-state index is 12.2. The lowest BCUT2D eigenvalue weighted by Gasteiger charge is -2.26. The Morgan fingerprint density at radius 1 is 1.33 bits per heavy atom. The SMILES string of the molecule is CCN1C[C@@H](N(CC)C(=O)OCc2ccccc2)CC1=O. The van der Waals surface area contributed by atoms with Gasteiger partial charge in [-0.25, -0.2) is 4.79 Å². The molecule has 1 saturated heterocycles. The van der Waals surface area contributed by atoms with Crippen LogP contribution in [0.1, 0.15) is 25.8 Å². The zero-order chi connectivity index (χ0) is 15.2. The molecule has 5 nitrogen and oxygen atoms in total. The molecule has 0 radical (unpaired) electrons. The molecular weight excluding hydrogens is 268 g/mol. The highest BCUT2D eigenvalue weighted by Gasteiger charge is 2.34. The summed E-state index contributed by atoms with van der Waals surface area (Å²) < 4.78 is 5.35. The Hall–Kier alpha value is -2.04. The van der Waals surface area contributed by atoms with E-state index in [2.05, 4.69) is 0 Å². The maximum absolute atomic E-state index is 12.2. The van der Waals surface area contributed by atoms with Crippen molar-refractivity contribution in [2.24, 2.45) is 0 Å². The van der Waals surface area contributed by atoms with E-state index in [0.717, 1.165) is 5.56 Å². The highest BCUT2D eigenvalue weighted by atomic mass is 16.6. The van der Waals surface area contributed by atoms with Crippen molar-refractivity contribution in [2.45, 2.75) is 32.9 Å². The van der Waals surface area contributed by atoms with Gasteiger partial charge in [-0.1, -0.05) is 30.3 Å². The Kier molecular flexibility index (Phi) is 5.20. The van der Waals surface area contributed by atoms with Gasteiger partial charge in [0, 0.05) is 26.1 Å². The first-order valence-electron chi connectivity index (χ1n) is 7.40. The first-order chi connectivity index (χ1) is 10.2. The Bertz CT molecular complexity index is 490. The van der Waals surface area contributed by atoms with Crippen molar-refractivity contribution in [1.82, 2.24) is 9.80 Å². The lowest BCUT2D eigenvalue weighted by atomic mass is 10.2. The summed E-state index contributed by atoms with van der Waals surface area (Å²) in [5.74, 6) is 0.108. The molecule has 2 amide bonds. The average Bonchev–Trinajstić information content (AvgIpc) is 2.87. The molecule has 0 saturated carbocycles. The van der Waals surface area contributed by atoms with Crippen molar-refractivity contribution < 1.29 is 14.3 Å². The number of likely N-dealkylation sites (N-methyl/N-ethyl adjacent to an activating group) is 2. The van der Waals surface area contributed by atoms with Crippen LogP contribution < -0.4 is 0 Å². The molecule has 1 aromatic rings. The summed E-state index contributed by atoms with van der Waals surface area (Å²) in [6.45, 7) is 5.94. The lowest BCUT2D eigenvalue weighted by molar-refractivity contribution is -0.127. The Labute approximate surface area is 125 Å². The molecule has 0 N–H and O–H groups in total. The van der Waals surface area contributed by atoms with Crippen molar-refractivity contribution in [3.8, 4) is 0 Å². The van der Waals surface area contributed by atoms with E-state index >= 15 is 0 Å². The number of ether oxygens (including phenoxy) is 1. The fourth-order valence-corrected chi connectivity index (χ4v) is 2.60. The van der Waals surface area contributed by atoms with E-state index in [1.807, 2.05) is 44.2 Å². The third kappa shape index (κ3) is 3.74. The summed E-state index contributed by atoms with van der Waals surface area (Å²) in [5, 5.41) is 0. The van der Waals surface area contributed by atoms with Gasteiger partial charge in [-0.2, -0.15) is 0 Å². The van der Waals surface area contributed by atoms with Gasteiger partial charge < -0.3 is 14.5 Å². The van der Waals surface area contributed by atoms with Crippen LogP contribution in [0.4, 0.5) is 4.79 Å². The summed E-state index contributed by atoms with van der Waals surface area (Å²) in [6.07, 6.45) is 0.0411. The molecule has 0 aliphatic carbocycles. The molecule has 1 atom stereocenters. The molecule has 1 aromatic carbocycles. The van der Waals surface area contributed by atoms with E-state index in [9.17, 15) is 9.59 Å². The van der Waals surface area contributed by atoms with Gasteiger partial charge in [-0.05, 0) is 19.4 Å². The van der Waals surface area contributed by atoms with Crippen LogP contribution in [0.5, 0.6) is 0 Å². The third-order valence-corrected chi connectivity index (χ3v) is 3.80. The molecule has 1 aliphatic heterocycles. The summed E-state index contributed by atoms with van der Waals surface area (Å²) in [5.41, 5.74) is 0.958. The van der Waals surface area contributed by atoms with Crippen LogP contribution in [0.3, 0.4) is 0 Å². The summed E-state index contributed by atoms with van der Waals surface area (Å²) in [6, 6.07) is 9.51. The van der Waals surface area contributed by atoms with Crippen molar-refractivity contribution in [2.75, 3.05) is 19.6 Å². The van der Waals surface area contributed by atoms with Crippen LogP contribution in [0, 0.1) is 0 Å². The average molecular weight is 290 g/mol. The van der Waals surface area contributed by atoms with Gasteiger partial charge in [0.05, 0.1) is 6.04 Å². The minimum absolute atomic E-state index is 0.0780. The minimum atomic E-state index is -0.350. The quantitative estimate of drug-likeness (QED) is 0.836. The second-order valence-corrected chi connectivity index (χ2v) is 5.12. The van der Waals surface area contributed by atoms with E-state index in [0.29, 0.717) is 26.1 Å². The number of benzene rings is 1. The topological polar surface area (TPSA) is 49.9 Å². The zero-order valence-electron chi connectivity index (χ0n) is 12.6. The van der Waals surface area contributed by atoms with Crippen LogP contribution in [0.15, 0.2) is 30.3 Å². The number of rotatable bonds is 5. The number of hydrogen-bond acceptors (Lipinski definition) is 3. The Balaban J connectivity index is 1.91. The fraction of sp³-hybridized carbons (Fsp3) is 0.500. The molecule has 0 unspecified atom stereocenters. The second kappa shape index (κ2) is 7.11. The first-order valence-corrected chi connectivity index (χ1v) is 7.40. The monoisotopic (exact) mass is 290 g/mol. The number of carbonyl (C=O) groups is 2. The largest absolute Gasteiger partial charge is 0.445 e. The Morgan fingerprint density at radius 2 is 2.05 bits per heavy atom. The predicted molar refractivity (Wildman–Crippen MR) is 79.7 cm³/mol. The molecule has 0 aromatic heterocycles. The number of carbonyl (C=O) groups excluding carboxylic acids is 2. The first kappa shape index (κ1) is 15.4. The molecule has 114 valence electrons.